The van der Waals surface area contributed by atoms with E-state index in [1.165, 1.54) is 11.0 Å². The lowest BCUT2D eigenvalue weighted by Crippen LogP contribution is -2.48. The molecule has 1 N–H and O–H groups in total. The van der Waals surface area contributed by atoms with Crippen molar-refractivity contribution in [3.05, 3.63) is 29.3 Å². The summed E-state index contributed by atoms with van der Waals surface area (Å²) in [4.78, 5) is 75.3. The van der Waals surface area contributed by atoms with E-state index >= 15 is 0 Å². The number of para-hydroxylation sites is 1. The molecule has 2 heterocycles. The quantitative estimate of drug-likeness (QED) is 0.127. The predicted octanol–water partition coefficient (Wildman–Crippen LogP) is 8.12. The number of ether oxygens (including phenoxy) is 2. The topological polar surface area (TPSA) is 188 Å². The summed E-state index contributed by atoms with van der Waals surface area (Å²) < 4.78 is 45.3. The molecular weight excluding hydrogens is 824 g/mol. The first kappa shape index (κ1) is 49.7. The normalized spacial score (nSPS) is 22.6. The Morgan fingerprint density at radius 2 is 1.72 bits per heavy atom. The molecule has 338 valence electrons. The third kappa shape index (κ3) is 13.5. The number of ketones is 2. The highest BCUT2D eigenvalue weighted by molar-refractivity contribution is 7.85. The van der Waals surface area contributed by atoms with Crippen molar-refractivity contribution in [2.24, 2.45) is 33.1 Å². The van der Waals surface area contributed by atoms with Crippen molar-refractivity contribution in [3.8, 4) is 11.6 Å². The number of nitrogens with zero attached hydrogens (tertiary/aromatic N) is 3. The van der Waals surface area contributed by atoms with Crippen LogP contribution in [0, 0.1) is 28.1 Å². The first-order valence-electron chi connectivity index (χ1n) is 21.2. The number of hydrogen-bond acceptors (Lipinski definition) is 12. The highest BCUT2D eigenvalue weighted by Crippen LogP contribution is 2.58. The fraction of sp³-hybridized carbons (Fsp3) is 0.689. The van der Waals surface area contributed by atoms with Crippen molar-refractivity contribution in [2.75, 3.05) is 13.2 Å². The number of pyridine rings is 1. The molecular formula is C45H65ClN4O10S. The number of halogens is 1. The average molecular weight is 890 g/mol. The Morgan fingerprint density at radius 3 is 2.23 bits per heavy atom. The van der Waals surface area contributed by atoms with Gasteiger partial charge in [0.1, 0.15) is 17.6 Å². The molecule has 16 heteroatoms. The van der Waals surface area contributed by atoms with E-state index in [0.29, 0.717) is 66.3 Å². The molecule has 2 aromatic rings. The highest BCUT2D eigenvalue weighted by atomic mass is 35.5. The van der Waals surface area contributed by atoms with Crippen LogP contribution in [0.25, 0.3) is 10.9 Å². The summed E-state index contributed by atoms with van der Waals surface area (Å²) >= 11 is 6.52. The zero-order valence-corrected chi connectivity index (χ0v) is 39.5. The molecule has 0 radical (unpaired) electrons. The van der Waals surface area contributed by atoms with Crippen LogP contribution in [-0.4, -0.2) is 84.2 Å². The zero-order valence-electron chi connectivity index (χ0n) is 37.9. The summed E-state index contributed by atoms with van der Waals surface area (Å²) in [6.07, 6.45) is 2.97. The molecule has 1 aromatic heterocycles. The highest BCUT2D eigenvalue weighted by Gasteiger charge is 2.62. The lowest BCUT2D eigenvalue weighted by Gasteiger charge is -2.35. The van der Waals surface area contributed by atoms with E-state index in [0.717, 1.165) is 0 Å². The minimum atomic E-state index is -4.41. The molecule has 1 saturated heterocycles. The number of nitrogens with one attached hydrogen (secondary N) is 1. The van der Waals surface area contributed by atoms with Crippen LogP contribution in [0.15, 0.2) is 29.3 Å². The van der Waals surface area contributed by atoms with Crippen LogP contribution < -0.4 is 14.2 Å². The fourth-order valence-electron chi connectivity index (χ4n) is 7.76. The van der Waals surface area contributed by atoms with E-state index in [-0.39, 0.29) is 60.2 Å². The first-order chi connectivity index (χ1) is 28.1. The molecule has 3 fully saturated rings. The summed E-state index contributed by atoms with van der Waals surface area (Å²) in [7, 11) is -4.41. The van der Waals surface area contributed by atoms with Crippen LogP contribution in [-0.2, 0) is 38.5 Å². The van der Waals surface area contributed by atoms with Crippen molar-refractivity contribution < 1.29 is 46.0 Å². The summed E-state index contributed by atoms with van der Waals surface area (Å²) in [6.45, 7) is 22.9. The first-order valence-corrected chi connectivity index (χ1v) is 22.9. The number of likely N-dealkylation sites (tertiary alicyclic amines) is 1. The maximum Gasteiger partial charge on any atom is 0.362 e. The van der Waals surface area contributed by atoms with E-state index < -0.39 is 50.7 Å². The second-order valence-electron chi connectivity index (χ2n) is 20.3. The number of aromatic nitrogens is 1. The third-order valence-corrected chi connectivity index (χ3v) is 12.6. The molecule has 2 saturated carbocycles. The molecule has 61 heavy (non-hydrogen) atoms. The van der Waals surface area contributed by atoms with Crippen LogP contribution in [0.2, 0.25) is 5.02 Å². The number of isocyanates is 1. The van der Waals surface area contributed by atoms with Crippen LogP contribution in [0.4, 0.5) is 0 Å². The van der Waals surface area contributed by atoms with E-state index in [1.807, 2.05) is 82.2 Å². The van der Waals surface area contributed by atoms with Gasteiger partial charge in [0.15, 0.2) is 5.78 Å². The Labute approximate surface area is 366 Å². The molecule has 5 atom stereocenters. The Kier molecular flexibility index (Phi) is 15.4. The zero-order chi connectivity index (χ0) is 45.9. The minimum absolute atomic E-state index is 0.00871. The van der Waals surface area contributed by atoms with Gasteiger partial charge in [0.05, 0.1) is 46.3 Å². The van der Waals surface area contributed by atoms with Crippen molar-refractivity contribution in [2.45, 2.75) is 158 Å². The molecule has 2 aliphatic carbocycles. The van der Waals surface area contributed by atoms with Gasteiger partial charge < -0.3 is 14.4 Å². The van der Waals surface area contributed by atoms with Crippen molar-refractivity contribution >= 4 is 62.3 Å². The van der Waals surface area contributed by atoms with Gasteiger partial charge in [-0.25, -0.2) is 23.7 Å². The second kappa shape index (κ2) is 18.8. The van der Waals surface area contributed by atoms with E-state index in [2.05, 4.69) is 14.7 Å². The largest absolute Gasteiger partial charge is 0.488 e. The van der Waals surface area contributed by atoms with E-state index in [4.69, 9.17) is 25.3 Å². The number of amides is 2. The summed E-state index contributed by atoms with van der Waals surface area (Å²) in [5.41, 5.74) is -2.77. The maximum atomic E-state index is 14.7. The Bertz CT molecular complexity index is 2130. The van der Waals surface area contributed by atoms with E-state index in [9.17, 15) is 32.4 Å². The summed E-state index contributed by atoms with van der Waals surface area (Å²) in [6, 6.07) is 5.98. The number of hydrogen-bond donors (Lipinski definition) is 1. The van der Waals surface area contributed by atoms with Crippen molar-refractivity contribution in [1.29, 1.82) is 0 Å². The third-order valence-electron chi connectivity index (χ3n) is 11.3. The fourth-order valence-corrected chi connectivity index (χ4v) is 9.15. The van der Waals surface area contributed by atoms with Gasteiger partial charge in [-0.1, -0.05) is 72.6 Å². The molecule has 0 unspecified atom stereocenters. The van der Waals surface area contributed by atoms with Crippen LogP contribution in [0.3, 0.4) is 0 Å². The summed E-state index contributed by atoms with van der Waals surface area (Å²) in [5.74, 6) is -1.79. The lowest BCUT2D eigenvalue weighted by atomic mass is 9.75. The van der Waals surface area contributed by atoms with Gasteiger partial charge in [-0.15, -0.1) is 0 Å². The number of Topliss-reactive ketones (excluding diaryl/α,β-unsaturated/α-hetero) is 2. The lowest BCUT2D eigenvalue weighted by molar-refractivity contribution is -0.146. The Morgan fingerprint density at radius 1 is 1.07 bits per heavy atom. The monoisotopic (exact) mass is 888 g/mol. The van der Waals surface area contributed by atoms with Gasteiger partial charge >= 0.3 is 10.3 Å². The van der Waals surface area contributed by atoms with Crippen LogP contribution >= 0.6 is 11.6 Å². The molecule has 3 aliphatic rings. The standard InChI is InChI=1S/C40H56ClN3O9S.C5H9NO/c1-10-24-20-40(24,36(48)43-54(49,50)53-39(9)15-16-39)22-31(46)30-18-26(52-32-19-33(51-11-2)42-34-27(32)13-12-14-29(34)41)23-44(30)35(47)28(38(6,7)8)17-25(45)21-37(3,4)5;1-5(2,3)6-4-7/h12-14,19,24,26,28,30H,10-11,15-18,20-23H2,1-9H3,(H,43,48);1-3H3/t24-,26-,28-,30+,40-;/m1./s1. The number of benzene rings is 1. The second-order valence-corrected chi connectivity index (χ2v) is 22.0. The number of aliphatic imine (C=N–C) groups is 1. The van der Waals surface area contributed by atoms with Crippen molar-refractivity contribution in [3.63, 3.8) is 0 Å². The SMILES string of the molecule is CC(C)(C)N=C=O.CCOc1cc(O[C@@H]2C[C@@H](C(=O)C[C@]3(C(=O)NS(=O)(=O)OC4(C)CC4)C[C@H]3CC)N(C(=O)[C@@H](CC(=O)CC(C)(C)C)C(C)(C)C)C2)c2cccc(Cl)c2n1. The number of carbonyl (C=O) groups excluding carboxylic acids is 5. The number of fused-ring (bicyclic) bond motifs is 1. The number of carbonyl (C=O) groups is 4. The minimum Gasteiger partial charge on any atom is -0.488 e. The number of rotatable bonds is 16. The van der Waals surface area contributed by atoms with Gasteiger partial charge in [-0.05, 0) is 82.8 Å². The summed E-state index contributed by atoms with van der Waals surface area (Å²) in [5, 5.41) is 1.03. The van der Waals surface area contributed by atoms with E-state index in [1.54, 1.807) is 25.1 Å². The average Bonchev–Trinajstić information content (AvgIpc) is 3.98. The van der Waals surface area contributed by atoms with Gasteiger partial charge in [0, 0.05) is 43.1 Å². The molecule has 1 aliphatic heterocycles. The van der Waals surface area contributed by atoms with Crippen LogP contribution in [0.1, 0.15) is 134 Å². The molecule has 5 rings (SSSR count). The van der Waals surface area contributed by atoms with Gasteiger partial charge in [-0.2, -0.15) is 8.42 Å². The molecule has 2 amide bonds. The van der Waals surface area contributed by atoms with Gasteiger partial charge in [-0.3, -0.25) is 19.2 Å². The molecule has 1 aromatic carbocycles. The van der Waals surface area contributed by atoms with Crippen LogP contribution in [0.5, 0.6) is 11.6 Å². The van der Waals surface area contributed by atoms with Gasteiger partial charge in [0.2, 0.25) is 23.8 Å². The molecule has 0 bridgehead atoms. The Hall–Kier alpha value is -3.91. The predicted molar refractivity (Wildman–Crippen MR) is 233 cm³/mol. The maximum absolute atomic E-state index is 14.7. The molecule has 14 nitrogen and oxygen atoms in total. The molecule has 0 spiro atoms. The smallest absolute Gasteiger partial charge is 0.362 e. The van der Waals surface area contributed by atoms with Gasteiger partial charge in [0.25, 0.3) is 0 Å². The Balaban J connectivity index is 0.00000107. The van der Waals surface area contributed by atoms with Crippen molar-refractivity contribution in [1.82, 2.24) is 14.6 Å².